The molecule has 1 aromatic carbocycles. The SMILES string of the molecule is Cc1cc(Cl)ccc1Cc1cnc(NC(=O)[C@H](C)N)s1. The lowest BCUT2D eigenvalue weighted by atomic mass is 10.1. The number of aryl methyl sites for hydroxylation is 1. The molecule has 3 N–H and O–H groups in total. The number of carbonyl (C=O) groups is 1. The summed E-state index contributed by atoms with van der Waals surface area (Å²) in [5, 5.41) is 4.01. The first-order valence-corrected chi connectivity index (χ1v) is 7.41. The molecular weight excluding hydrogens is 294 g/mol. The quantitative estimate of drug-likeness (QED) is 0.912. The number of nitrogens with zero attached hydrogens (tertiary/aromatic N) is 1. The second kappa shape index (κ2) is 6.35. The Hall–Kier alpha value is -1.43. The van der Waals surface area contributed by atoms with E-state index in [1.165, 1.54) is 16.9 Å². The normalized spacial score (nSPS) is 12.2. The van der Waals surface area contributed by atoms with E-state index in [1.54, 1.807) is 13.1 Å². The van der Waals surface area contributed by atoms with E-state index >= 15 is 0 Å². The number of benzene rings is 1. The van der Waals surface area contributed by atoms with Gasteiger partial charge in [0.2, 0.25) is 5.91 Å². The van der Waals surface area contributed by atoms with Crippen molar-refractivity contribution >= 4 is 34.0 Å². The average molecular weight is 310 g/mol. The average Bonchev–Trinajstić information content (AvgIpc) is 2.80. The maximum atomic E-state index is 11.5. The van der Waals surface area contributed by atoms with Crippen LogP contribution in [0.4, 0.5) is 5.13 Å². The van der Waals surface area contributed by atoms with Gasteiger partial charge in [0.15, 0.2) is 5.13 Å². The third kappa shape index (κ3) is 3.79. The minimum Gasteiger partial charge on any atom is -0.320 e. The van der Waals surface area contributed by atoms with Crippen molar-refractivity contribution in [2.24, 2.45) is 5.73 Å². The summed E-state index contributed by atoms with van der Waals surface area (Å²) >= 11 is 7.40. The Morgan fingerprint density at radius 2 is 2.30 bits per heavy atom. The van der Waals surface area contributed by atoms with Crippen LogP contribution in [-0.4, -0.2) is 16.9 Å². The minimum atomic E-state index is -0.541. The van der Waals surface area contributed by atoms with Crippen LogP contribution in [0.25, 0.3) is 0 Å². The van der Waals surface area contributed by atoms with Crippen LogP contribution in [0.5, 0.6) is 0 Å². The summed E-state index contributed by atoms with van der Waals surface area (Å²) in [5.41, 5.74) is 7.84. The van der Waals surface area contributed by atoms with Crippen LogP contribution in [0.15, 0.2) is 24.4 Å². The number of anilines is 1. The number of thiazole rings is 1. The third-order valence-electron chi connectivity index (χ3n) is 2.87. The zero-order chi connectivity index (χ0) is 14.7. The fourth-order valence-electron chi connectivity index (χ4n) is 1.71. The number of hydrogen-bond donors (Lipinski definition) is 2. The highest BCUT2D eigenvalue weighted by atomic mass is 35.5. The molecule has 2 aromatic rings. The molecule has 106 valence electrons. The Kier molecular flexibility index (Phi) is 4.75. The number of hydrogen-bond acceptors (Lipinski definition) is 4. The first kappa shape index (κ1) is 15.0. The van der Waals surface area contributed by atoms with E-state index in [0.29, 0.717) is 5.13 Å². The van der Waals surface area contributed by atoms with E-state index in [1.807, 2.05) is 25.1 Å². The Morgan fingerprint density at radius 1 is 1.55 bits per heavy atom. The van der Waals surface area contributed by atoms with Gasteiger partial charge >= 0.3 is 0 Å². The van der Waals surface area contributed by atoms with Crippen molar-refractivity contribution in [1.29, 1.82) is 0 Å². The van der Waals surface area contributed by atoms with Crippen LogP contribution >= 0.6 is 22.9 Å². The van der Waals surface area contributed by atoms with E-state index in [2.05, 4.69) is 10.3 Å². The molecule has 0 radical (unpaired) electrons. The van der Waals surface area contributed by atoms with Crippen molar-refractivity contribution in [1.82, 2.24) is 4.98 Å². The van der Waals surface area contributed by atoms with E-state index in [4.69, 9.17) is 17.3 Å². The minimum absolute atomic E-state index is 0.228. The van der Waals surface area contributed by atoms with Crippen molar-refractivity contribution in [3.8, 4) is 0 Å². The third-order valence-corrected chi connectivity index (χ3v) is 4.01. The fourth-order valence-corrected chi connectivity index (χ4v) is 2.78. The number of amides is 1. The molecule has 0 spiro atoms. The Morgan fingerprint density at radius 3 is 2.95 bits per heavy atom. The number of halogens is 1. The fraction of sp³-hybridized carbons (Fsp3) is 0.286. The molecule has 0 fully saturated rings. The van der Waals surface area contributed by atoms with Crippen LogP contribution in [0.1, 0.15) is 22.9 Å². The van der Waals surface area contributed by atoms with E-state index in [9.17, 15) is 4.79 Å². The molecule has 0 unspecified atom stereocenters. The van der Waals surface area contributed by atoms with Gasteiger partial charge in [0.05, 0.1) is 6.04 Å². The standard InChI is InChI=1S/C14H16ClN3OS/c1-8-5-11(15)4-3-10(8)6-12-7-17-14(20-12)18-13(19)9(2)16/h3-5,7,9H,6,16H2,1-2H3,(H,17,18,19)/t9-/m0/s1. The van der Waals surface area contributed by atoms with Gasteiger partial charge in [-0.2, -0.15) is 0 Å². The molecule has 2 rings (SSSR count). The Balaban J connectivity index is 2.07. The molecule has 1 heterocycles. The predicted octanol–water partition coefficient (Wildman–Crippen LogP) is 2.98. The number of aromatic nitrogens is 1. The molecule has 0 bridgehead atoms. The van der Waals surface area contributed by atoms with Gasteiger partial charge in [0.1, 0.15) is 0 Å². The lowest BCUT2D eigenvalue weighted by Crippen LogP contribution is -2.32. The predicted molar refractivity (Wildman–Crippen MR) is 83.4 cm³/mol. The summed E-state index contributed by atoms with van der Waals surface area (Å²) in [5.74, 6) is -0.228. The molecule has 1 aromatic heterocycles. The lowest BCUT2D eigenvalue weighted by Gasteiger charge is -2.04. The highest BCUT2D eigenvalue weighted by Crippen LogP contribution is 2.24. The second-order valence-corrected chi connectivity index (χ2v) is 6.21. The Bertz CT molecular complexity index is 625. The molecule has 1 amide bonds. The topological polar surface area (TPSA) is 68.0 Å². The smallest absolute Gasteiger partial charge is 0.242 e. The molecule has 1 atom stereocenters. The summed E-state index contributed by atoms with van der Waals surface area (Å²) in [4.78, 5) is 16.8. The van der Waals surface area contributed by atoms with Gasteiger partial charge < -0.3 is 11.1 Å². The van der Waals surface area contributed by atoms with Gasteiger partial charge in [-0.25, -0.2) is 4.98 Å². The summed E-state index contributed by atoms with van der Waals surface area (Å²) in [6.07, 6.45) is 2.55. The summed E-state index contributed by atoms with van der Waals surface area (Å²) < 4.78 is 0. The first-order chi connectivity index (χ1) is 9.45. The van der Waals surface area contributed by atoms with Gasteiger partial charge in [-0.15, -0.1) is 11.3 Å². The zero-order valence-corrected chi connectivity index (χ0v) is 12.9. The van der Waals surface area contributed by atoms with E-state index < -0.39 is 6.04 Å². The van der Waals surface area contributed by atoms with Crippen LogP contribution in [0.3, 0.4) is 0 Å². The molecule has 0 saturated carbocycles. The maximum Gasteiger partial charge on any atom is 0.242 e. The van der Waals surface area contributed by atoms with Crippen LogP contribution in [0, 0.1) is 6.92 Å². The second-order valence-electron chi connectivity index (χ2n) is 4.66. The highest BCUT2D eigenvalue weighted by molar-refractivity contribution is 7.15. The number of nitrogens with two attached hydrogens (primary N) is 1. The van der Waals surface area contributed by atoms with Crippen molar-refractivity contribution < 1.29 is 4.79 Å². The molecule has 0 aliphatic carbocycles. The summed E-state index contributed by atoms with van der Waals surface area (Å²) in [7, 11) is 0. The highest BCUT2D eigenvalue weighted by Gasteiger charge is 2.11. The van der Waals surface area contributed by atoms with Gasteiger partial charge in [-0.3, -0.25) is 4.79 Å². The number of rotatable bonds is 4. The van der Waals surface area contributed by atoms with Gasteiger partial charge in [-0.05, 0) is 37.1 Å². The molecule has 0 saturated heterocycles. The molecule has 6 heteroatoms. The van der Waals surface area contributed by atoms with Crippen LogP contribution < -0.4 is 11.1 Å². The van der Waals surface area contributed by atoms with E-state index in [0.717, 1.165) is 21.9 Å². The van der Waals surface area contributed by atoms with Crippen LogP contribution in [-0.2, 0) is 11.2 Å². The van der Waals surface area contributed by atoms with Crippen molar-refractivity contribution in [3.63, 3.8) is 0 Å². The molecule has 0 aliphatic rings. The zero-order valence-electron chi connectivity index (χ0n) is 11.3. The molecular formula is C14H16ClN3OS. The number of nitrogens with one attached hydrogen (secondary N) is 1. The van der Waals surface area contributed by atoms with Gasteiger partial charge in [0.25, 0.3) is 0 Å². The van der Waals surface area contributed by atoms with Crippen molar-refractivity contribution in [2.75, 3.05) is 5.32 Å². The number of carbonyl (C=O) groups excluding carboxylic acids is 1. The van der Waals surface area contributed by atoms with Crippen molar-refractivity contribution in [3.05, 3.63) is 45.4 Å². The maximum absolute atomic E-state index is 11.5. The monoisotopic (exact) mass is 309 g/mol. The molecule has 4 nitrogen and oxygen atoms in total. The van der Waals surface area contributed by atoms with Gasteiger partial charge in [0, 0.05) is 22.5 Å². The Labute approximate surface area is 127 Å². The van der Waals surface area contributed by atoms with Crippen molar-refractivity contribution in [2.45, 2.75) is 26.3 Å². The molecule has 0 aliphatic heterocycles. The van der Waals surface area contributed by atoms with E-state index in [-0.39, 0.29) is 5.91 Å². The first-order valence-electron chi connectivity index (χ1n) is 6.22. The summed E-state index contributed by atoms with van der Waals surface area (Å²) in [6.45, 7) is 3.67. The molecule has 20 heavy (non-hydrogen) atoms. The van der Waals surface area contributed by atoms with Crippen LogP contribution in [0.2, 0.25) is 5.02 Å². The largest absolute Gasteiger partial charge is 0.320 e. The summed E-state index contributed by atoms with van der Waals surface area (Å²) in [6, 6.07) is 5.29. The van der Waals surface area contributed by atoms with Gasteiger partial charge in [-0.1, -0.05) is 17.7 Å². The lowest BCUT2D eigenvalue weighted by molar-refractivity contribution is -0.117.